The Morgan fingerprint density at radius 1 is 1.00 bits per heavy atom. The first-order chi connectivity index (χ1) is 19.2. The molecule has 0 radical (unpaired) electrons. The van der Waals surface area contributed by atoms with Crippen LogP contribution >= 0.6 is 23.2 Å². The number of anilines is 1. The smallest absolute Gasteiger partial charge is 0.338 e. The van der Waals surface area contributed by atoms with Crippen LogP contribution in [0.25, 0.3) is 17.4 Å². The predicted molar refractivity (Wildman–Crippen MR) is 152 cm³/mol. The van der Waals surface area contributed by atoms with Crippen molar-refractivity contribution in [2.75, 3.05) is 5.01 Å². The number of amides is 1. The number of benzene rings is 3. The number of ether oxygens (including phenoxy) is 1. The topological polar surface area (TPSA) is 109 Å². The Labute approximate surface area is 238 Å². The highest BCUT2D eigenvalue weighted by Crippen LogP contribution is 2.30. The van der Waals surface area contributed by atoms with E-state index in [0.29, 0.717) is 39.0 Å². The Morgan fingerprint density at radius 3 is 2.48 bits per heavy atom. The number of rotatable bonds is 7. The molecule has 1 aliphatic rings. The third kappa shape index (κ3) is 5.54. The number of furan rings is 1. The summed E-state index contributed by atoms with van der Waals surface area (Å²) < 4.78 is 11.3. The van der Waals surface area contributed by atoms with E-state index in [9.17, 15) is 19.5 Å². The lowest BCUT2D eigenvalue weighted by Gasteiger charge is -2.12. The summed E-state index contributed by atoms with van der Waals surface area (Å²) in [5.74, 6) is -1.18. The summed E-state index contributed by atoms with van der Waals surface area (Å²) in [4.78, 5) is 37.0. The van der Waals surface area contributed by atoms with Crippen molar-refractivity contribution in [2.24, 2.45) is 5.10 Å². The molecule has 0 bridgehead atoms. The van der Waals surface area contributed by atoms with Gasteiger partial charge in [-0.25, -0.2) is 9.59 Å². The summed E-state index contributed by atoms with van der Waals surface area (Å²) in [5.41, 5.74) is 2.70. The zero-order valence-electron chi connectivity index (χ0n) is 20.9. The molecule has 0 fully saturated rings. The number of hydrogen-bond acceptors (Lipinski definition) is 6. The molecule has 40 heavy (non-hydrogen) atoms. The van der Waals surface area contributed by atoms with E-state index in [0.717, 1.165) is 10.6 Å². The van der Waals surface area contributed by atoms with E-state index in [4.69, 9.17) is 32.4 Å². The zero-order chi connectivity index (χ0) is 28.4. The van der Waals surface area contributed by atoms with E-state index in [2.05, 4.69) is 5.10 Å². The molecular weight excluding hydrogens is 555 g/mol. The lowest BCUT2D eigenvalue weighted by atomic mass is 10.1. The number of carboxylic acids is 1. The van der Waals surface area contributed by atoms with Crippen molar-refractivity contribution in [2.45, 2.75) is 13.5 Å². The van der Waals surface area contributed by atoms with E-state index in [1.165, 1.54) is 18.2 Å². The van der Waals surface area contributed by atoms with Crippen LogP contribution in [0.5, 0.6) is 0 Å². The van der Waals surface area contributed by atoms with Gasteiger partial charge in [0.25, 0.3) is 5.91 Å². The van der Waals surface area contributed by atoms with E-state index in [1.54, 1.807) is 67.6 Å². The summed E-state index contributed by atoms with van der Waals surface area (Å²) >= 11 is 12.1. The second kappa shape index (κ2) is 11.2. The van der Waals surface area contributed by atoms with Crippen molar-refractivity contribution in [1.29, 1.82) is 0 Å². The van der Waals surface area contributed by atoms with Crippen LogP contribution in [0.1, 0.15) is 39.0 Å². The average molecular weight is 575 g/mol. The molecule has 10 heteroatoms. The number of nitrogens with zero attached hydrogens (tertiary/aromatic N) is 2. The lowest BCUT2D eigenvalue weighted by molar-refractivity contribution is -0.114. The van der Waals surface area contributed by atoms with Gasteiger partial charge in [0.05, 0.1) is 33.1 Å². The van der Waals surface area contributed by atoms with Crippen LogP contribution in [0.3, 0.4) is 0 Å². The first-order valence-electron chi connectivity index (χ1n) is 12.0. The molecule has 0 unspecified atom stereocenters. The van der Waals surface area contributed by atoms with Gasteiger partial charge in [-0.3, -0.25) is 4.79 Å². The molecule has 3 aromatic carbocycles. The number of aromatic carboxylic acids is 1. The Bertz CT molecular complexity index is 1710. The summed E-state index contributed by atoms with van der Waals surface area (Å²) in [6, 6.07) is 21.6. The fourth-order valence-electron chi connectivity index (χ4n) is 4.01. The van der Waals surface area contributed by atoms with Crippen molar-refractivity contribution in [3.05, 3.63) is 117 Å². The second-order valence-corrected chi connectivity index (χ2v) is 9.59. The first-order valence-corrected chi connectivity index (χ1v) is 12.7. The van der Waals surface area contributed by atoms with E-state index >= 15 is 0 Å². The van der Waals surface area contributed by atoms with Gasteiger partial charge in [0.15, 0.2) is 0 Å². The van der Waals surface area contributed by atoms with Gasteiger partial charge in [-0.15, -0.1) is 0 Å². The second-order valence-electron chi connectivity index (χ2n) is 8.78. The van der Waals surface area contributed by atoms with Crippen molar-refractivity contribution in [3.63, 3.8) is 0 Å². The number of carboxylic acid groups (broad SMARTS) is 1. The standard InChI is InChI=1S/C30H20Cl2N2O6/c1-17-23(28(35)34(33-17)21-10-12-26(32)24(14-21)29(36)37)15-22-11-13-27(40-22)18-6-8-19(9-7-18)30(38)39-16-20-4-2-3-5-25(20)31/h2-15H,16H2,1H3,(H,36,37)/b23-15-. The summed E-state index contributed by atoms with van der Waals surface area (Å²) in [7, 11) is 0. The molecule has 0 aliphatic carbocycles. The number of carbonyl (C=O) groups excluding carboxylic acids is 2. The van der Waals surface area contributed by atoms with Crippen molar-refractivity contribution in [1.82, 2.24) is 0 Å². The zero-order valence-corrected chi connectivity index (χ0v) is 22.4. The van der Waals surface area contributed by atoms with Crippen LogP contribution in [-0.4, -0.2) is 28.7 Å². The van der Waals surface area contributed by atoms with Crippen LogP contribution < -0.4 is 5.01 Å². The quantitative estimate of drug-likeness (QED) is 0.186. The largest absolute Gasteiger partial charge is 0.478 e. The molecule has 1 aromatic heterocycles. The fraction of sp³-hybridized carbons (Fsp3) is 0.0667. The minimum Gasteiger partial charge on any atom is -0.478 e. The van der Waals surface area contributed by atoms with Gasteiger partial charge in [0.2, 0.25) is 0 Å². The Morgan fingerprint density at radius 2 is 1.75 bits per heavy atom. The summed E-state index contributed by atoms with van der Waals surface area (Å²) in [6.45, 7) is 1.74. The van der Waals surface area contributed by atoms with Crippen LogP contribution in [-0.2, 0) is 16.1 Å². The number of halogens is 2. The molecule has 5 rings (SSSR count). The van der Waals surface area contributed by atoms with Gasteiger partial charge in [0.1, 0.15) is 18.1 Å². The average Bonchev–Trinajstić information content (AvgIpc) is 3.53. The molecule has 0 atom stereocenters. The minimum absolute atomic E-state index is 0.0597. The van der Waals surface area contributed by atoms with Gasteiger partial charge in [-0.2, -0.15) is 10.1 Å². The van der Waals surface area contributed by atoms with Crippen LogP contribution in [0.2, 0.25) is 10.0 Å². The highest BCUT2D eigenvalue weighted by molar-refractivity contribution is 6.34. The van der Waals surface area contributed by atoms with Gasteiger partial charge in [-0.05, 0) is 61.5 Å². The molecule has 1 aliphatic heterocycles. The van der Waals surface area contributed by atoms with E-state index in [1.807, 2.05) is 6.07 Å². The Kier molecular flexibility index (Phi) is 7.55. The van der Waals surface area contributed by atoms with Crippen LogP contribution in [0, 0.1) is 0 Å². The molecule has 2 heterocycles. The third-order valence-corrected chi connectivity index (χ3v) is 6.82. The maximum Gasteiger partial charge on any atom is 0.338 e. The predicted octanol–water partition coefficient (Wildman–Crippen LogP) is 7.11. The molecule has 1 amide bonds. The molecule has 4 aromatic rings. The van der Waals surface area contributed by atoms with E-state index < -0.39 is 17.8 Å². The van der Waals surface area contributed by atoms with Crippen molar-refractivity contribution >= 4 is 58.5 Å². The van der Waals surface area contributed by atoms with Gasteiger partial charge < -0.3 is 14.3 Å². The molecule has 200 valence electrons. The molecule has 1 N–H and O–H groups in total. The Balaban J connectivity index is 1.28. The fourth-order valence-corrected chi connectivity index (χ4v) is 4.40. The monoisotopic (exact) mass is 574 g/mol. The highest BCUT2D eigenvalue weighted by atomic mass is 35.5. The summed E-state index contributed by atoms with van der Waals surface area (Å²) in [6.07, 6.45) is 1.57. The van der Waals surface area contributed by atoms with Crippen molar-refractivity contribution < 1.29 is 28.6 Å². The molecule has 0 saturated carbocycles. The number of hydrazone groups is 1. The SMILES string of the molecule is CC1=NN(c2ccc(Cl)c(C(=O)O)c2)C(=O)/C1=C\c1ccc(-c2ccc(C(=O)OCc3ccccc3Cl)cc2)o1. The normalized spacial score (nSPS) is 14.0. The highest BCUT2D eigenvalue weighted by Gasteiger charge is 2.30. The third-order valence-electron chi connectivity index (χ3n) is 6.12. The number of carbonyl (C=O) groups is 3. The van der Waals surface area contributed by atoms with E-state index in [-0.39, 0.29) is 22.9 Å². The minimum atomic E-state index is -1.21. The first kappa shape index (κ1) is 26.9. The van der Waals surface area contributed by atoms with Crippen LogP contribution in [0.4, 0.5) is 5.69 Å². The van der Waals surface area contributed by atoms with Gasteiger partial charge in [0, 0.05) is 16.1 Å². The molecule has 0 spiro atoms. The van der Waals surface area contributed by atoms with Gasteiger partial charge in [-0.1, -0.05) is 53.5 Å². The maximum atomic E-state index is 13.1. The lowest BCUT2D eigenvalue weighted by Crippen LogP contribution is -2.21. The number of esters is 1. The molecule has 8 nitrogen and oxygen atoms in total. The number of hydrogen-bond donors (Lipinski definition) is 1. The molecular formula is C30H20Cl2N2O6. The Hall–Kier alpha value is -4.66. The van der Waals surface area contributed by atoms with Crippen LogP contribution in [0.15, 0.2) is 94.0 Å². The molecule has 0 saturated heterocycles. The maximum absolute atomic E-state index is 13.1. The summed E-state index contributed by atoms with van der Waals surface area (Å²) in [5, 5.41) is 15.3. The van der Waals surface area contributed by atoms with Crippen molar-refractivity contribution in [3.8, 4) is 11.3 Å². The van der Waals surface area contributed by atoms with Gasteiger partial charge >= 0.3 is 11.9 Å².